The molecular weight excluding hydrogens is 212 g/mol. The fraction of sp³-hybridized carbons (Fsp3) is 0.533. The molecule has 1 aliphatic carbocycles. The molecule has 17 heavy (non-hydrogen) atoms. The van der Waals surface area contributed by atoms with E-state index < -0.39 is 0 Å². The molecular formula is C15H20O2. The molecule has 0 aliphatic heterocycles. The van der Waals surface area contributed by atoms with Crippen LogP contribution >= 0.6 is 0 Å². The molecule has 1 unspecified atom stereocenters. The third-order valence-corrected chi connectivity index (χ3v) is 3.16. The maximum Gasteiger partial charge on any atom is 0.191 e. The summed E-state index contributed by atoms with van der Waals surface area (Å²) in [5, 5.41) is 0. The van der Waals surface area contributed by atoms with E-state index in [9.17, 15) is 4.79 Å². The molecule has 1 aromatic carbocycles. The van der Waals surface area contributed by atoms with Crippen LogP contribution in [-0.2, 0) is 4.74 Å². The Morgan fingerprint density at radius 2 is 1.88 bits per heavy atom. The first kappa shape index (κ1) is 12.3. The lowest BCUT2D eigenvalue weighted by molar-refractivity contribution is 0.0374. The van der Waals surface area contributed by atoms with E-state index in [0.29, 0.717) is 12.5 Å². The van der Waals surface area contributed by atoms with E-state index in [1.54, 1.807) is 0 Å². The quantitative estimate of drug-likeness (QED) is 0.728. The molecule has 0 aromatic heterocycles. The first-order chi connectivity index (χ1) is 8.11. The Kier molecular flexibility index (Phi) is 3.63. The smallest absolute Gasteiger partial charge is 0.191 e. The number of aryl methyl sites for hydroxylation is 2. The SMILES string of the molecule is CCOC(C(=O)c1cc(C)cc(C)c1)C1CC1. The summed E-state index contributed by atoms with van der Waals surface area (Å²) in [4.78, 5) is 12.4. The molecule has 1 aromatic rings. The minimum atomic E-state index is -0.221. The molecule has 1 aliphatic rings. The molecule has 0 spiro atoms. The van der Waals surface area contributed by atoms with Crippen molar-refractivity contribution in [3.05, 3.63) is 34.9 Å². The number of Topliss-reactive ketones (excluding diaryl/α,β-unsaturated/α-hetero) is 1. The third kappa shape index (κ3) is 2.95. The maximum atomic E-state index is 12.4. The summed E-state index contributed by atoms with van der Waals surface area (Å²) in [6.07, 6.45) is 2.03. The molecule has 2 heteroatoms. The molecule has 0 bridgehead atoms. The van der Waals surface area contributed by atoms with Gasteiger partial charge in [-0.25, -0.2) is 0 Å². The van der Waals surface area contributed by atoms with Gasteiger partial charge in [0.1, 0.15) is 6.10 Å². The Bertz CT molecular complexity index is 399. The van der Waals surface area contributed by atoms with Gasteiger partial charge in [0.15, 0.2) is 5.78 Å². The Labute approximate surface area is 103 Å². The zero-order valence-corrected chi connectivity index (χ0v) is 10.8. The summed E-state index contributed by atoms with van der Waals surface area (Å²) in [5.41, 5.74) is 3.08. The lowest BCUT2D eigenvalue weighted by Gasteiger charge is -2.15. The highest BCUT2D eigenvalue weighted by Crippen LogP contribution is 2.36. The number of carbonyl (C=O) groups is 1. The Hall–Kier alpha value is -1.15. The number of ether oxygens (including phenoxy) is 1. The van der Waals surface area contributed by atoms with E-state index in [1.807, 2.05) is 32.9 Å². The normalized spacial score (nSPS) is 16.9. The van der Waals surface area contributed by atoms with Crippen LogP contribution in [0.15, 0.2) is 18.2 Å². The zero-order valence-electron chi connectivity index (χ0n) is 10.8. The van der Waals surface area contributed by atoms with Gasteiger partial charge in [-0.15, -0.1) is 0 Å². The summed E-state index contributed by atoms with van der Waals surface area (Å²) in [6, 6.07) is 6.01. The summed E-state index contributed by atoms with van der Waals surface area (Å²) in [5.74, 6) is 0.601. The second kappa shape index (κ2) is 5.01. The van der Waals surface area contributed by atoms with Crippen molar-refractivity contribution >= 4 is 5.78 Å². The van der Waals surface area contributed by atoms with Crippen LogP contribution in [-0.4, -0.2) is 18.5 Å². The Balaban J connectivity index is 2.21. The number of hydrogen-bond acceptors (Lipinski definition) is 2. The summed E-state index contributed by atoms with van der Waals surface area (Å²) < 4.78 is 5.61. The van der Waals surface area contributed by atoms with E-state index >= 15 is 0 Å². The van der Waals surface area contributed by atoms with Crippen molar-refractivity contribution in [1.29, 1.82) is 0 Å². The Morgan fingerprint density at radius 1 is 1.29 bits per heavy atom. The van der Waals surface area contributed by atoms with Gasteiger partial charge in [-0.05, 0) is 51.7 Å². The van der Waals surface area contributed by atoms with Crippen molar-refractivity contribution in [2.45, 2.75) is 39.7 Å². The molecule has 1 atom stereocenters. The van der Waals surface area contributed by atoms with Gasteiger partial charge >= 0.3 is 0 Å². The molecule has 1 saturated carbocycles. The van der Waals surface area contributed by atoms with E-state index in [0.717, 1.165) is 29.5 Å². The monoisotopic (exact) mass is 232 g/mol. The van der Waals surface area contributed by atoms with Crippen molar-refractivity contribution in [2.75, 3.05) is 6.61 Å². The van der Waals surface area contributed by atoms with Gasteiger partial charge in [0.05, 0.1) is 0 Å². The lowest BCUT2D eigenvalue weighted by atomic mass is 9.99. The summed E-state index contributed by atoms with van der Waals surface area (Å²) >= 11 is 0. The number of benzene rings is 1. The van der Waals surface area contributed by atoms with Crippen molar-refractivity contribution < 1.29 is 9.53 Å². The first-order valence-electron chi connectivity index (χ1n) is 6.36. The van der Waals surface area contributed by atoms with E-state index in [4.69, 9.17) is 4.74 Å². The van der Waals surface area contributed by atoms with Crippen LogP contribution in [0.2, 0.25) is 0 Å². The van der Waals surface area contributed by atoms with Gasteiger partial charge in [0.25, 0.3) is 0 Å². The largest absolute Gasteiger partial charge is 0.370 e. The van der Waals surface area contributed by atoms with Crippen molar-refractivity contribution in [3.8, 4) is 0 Å². The average Bonchev–Trinajstić information content (AvgIpc) is 3.07. The zero-order chi connectivity index (χ0) is 12.4. The van der Waals surface area contributed by atoms with Crippen LogP contribution in [0, 0.1) is 19.8 Å². The minimum absolute atomic E-state index is 0.154. The van der Waals surface area contributed by atoms with E-state index in [1.165, 1.54) is 0 Å². The highest BCUT2D eigenvalue weighted by Gasteiger charge is 2.37. The average molecular weight is 232 g/mol. The lowest BCUT2D eigenvalue weighted by Crippen LogP contribution is -2.26. The molecule has 0 radical (unpaired) electrons. The Morgan fingerprint density at radius 3 is 2.35 bits per heavy atom. The number of carbonyl (C=O) groups excluding carboxylic acids is 1. The molecule has 0 saturated heterocycles. The highest BCUT2D eigenvalue weighted by atomic mass is 16.5. The summed E-state index contributed by atoms with van der Waals surface area (Å²) in [6.45, 7) is 6.61. The van der Waals surface area contributed by atoms with Crippen LogP contribution in [0.3, 0.4) is 0 Å². The predicted molar refractivity (Wildman–Crippen MR) is 68.4 cm³/mol. The molecule has 2 nitrogen and oxygen atoms in total. The molecule has 1 fully saturated rings. The van der Waals surface area contributed by atoms with Gasteiger partial charge in [-0.2, -0.15) is 0 Å². The fourth-order valence-electron chi connectivity index (χ4n) is 2.29. The highest BCUT2D eigenvalue weighted by molar-refractivity contribution is 6.00. The minimum Gasteiger partial charge on any atom is -0.370 e. The van der Waals surface area contributed by atoms with Crippen LogP contribution < -0.4 is 0 Å². The number of rotatable bonds is 5. The van der Waals surface area contributed by atoms with Gasteiger partial charge in [-0.1, -0.05) is 17.2 Å². The number of hydrogen-bond donors (Lipinski definition) is 0. The second-order valence-corrected chi connectivity index (χ2v) is 4.95. The van der Waals surface area contributed by atoms with Gasteiger partial charge in [-0.3, -0.25) is 4.79 Å². The molecule has 92 valence electrons. The van der Waals surface area contributed by atoms with Crippen molar-refractivity contribution in [2.24, 2.45) is 5.92 Å². The standard InChI is InChI=1S/C15H20O2/c1-4-17-15(12-5-6-12)14(16)13-8-10(2)7-11(3)9-13/h7-9,12,15H,4-6H2,1-3H3. The fourth-order valence-corrected chi connectivity index (χ4v) is 2.29. The molecule has 0 heterocycles. The molecule has 0 amide bonds. The van der Waals surface area contributed by atoms with Crippen molar-refractivity contribution in [3.63, 3.8) is 0 Å². The van der Waals surface area contributed by atoms with Gasteiger partial charge < -0.3 is 4.74 Å². The maximum absolute atomic E-state index is 12.4. The first-order valence-corrected chi connectivity index (χ1v) is 6.36. The van der Waals surface area contributed by atoms with Crippen LogP contribution in [0.25, 0.3) is 0 Å². The molecule has 2 rings (SSSR count). The van der Waals surface area contributed by atoms with Crippen molar-refractivity contribution in [1.82, 2.24) is 0 Å². The van der Waals surface area contributed by atoms with Gasteiger partial charge in [0.2, 0.25) is 0 Å². The second-order valence-electron chi connectivity index (χ2n) is 4.95. The number of ketones is 1. The summed E-state index contributed by atoms with van der Waals surface area (Å²) in [7, 11) is 0. The van der Waals surface area contributed by atoms with Crippen LogP contribution in [0.4, 0.5) is 0 Å². The van der Waals surface area contributed by atoms with Crippen LogP contribution in [0.1, 0.15) is 41.3 Å². The van der Waals surface area contributed by atoms with E-state index in [-0.39, 0.29) is 11.9 Å². The third-order valence-electron chi connectivity index (χ3n) is 3.16. The molecule has 0 N–H and O–H groups in total. The topological polar surface area (TPSA) is 26.3 Å². The van der Waals surface area contributed by atoms with Crippen LogP contribution in [0.5, 0.6) is 0 Å². The van der Waals surface area contributed by atoms with Gasteiger partial charge in [0, 0.05) is 12.2 Å². The predicted octanol–water partition coefficient (Wildman–Crippen LogP) is 3.30. The van der Waals surface area contributed by atoms with E-state index in [2.05, 4.69) is 6.07 Å².